The molecule has 0 aliphatic heterocycles. The van der Waals surface area contributed by atoms with E-state index in [4.69, 9.17) is 14.2 Å². The molecule has 0 aromatic carbocycles. The molecule has 0 heterocycles. The third kappa shape index (κ3) is 10.1. The van der Waals surface area contributed by atoms with Gasteiger partial charge in [-0.05, 0) is 47.8 Å². The molecule has 2 unspecified atom stereocenters. The Morgan fingerprint density at radius 3 is 2.20 bits per heavy atom. The first kappa shape index (κ1) is 14.8. The van der Waals surface area contributed by atoms with Gasteiger partial charge in [0.2, 0.25) is 0 Å². The molecule has 0 spiro atoms. The van der Waals surface area contributed by atoms with Gasteiger partial charge in [-0.1, -0.05) is 0 Å². The van der Waals surface area contributed by atoms with Gasteiger partial charge in [0.1, 0.15) is 0 Å². The zero-order valence-electron chi connectivity index (χ0n) is 10.7. The minimum atomic E-state index is -0.200. The molecule has 0 saturated carbocycles. The Labute approximate surface area is 93.5 Å². The van der Waals surface area contributed by atoms with Gasteiger partial charge in [-0.25, -0.2) is 0 Å². The number of rotatable bonds is 9. The van der Waals surface area contributed by atoms with Crippen LogP contribution in [0.5, 0.6) is 0 Å². The van der Waals surface area contributed by atoms with Gasteiger partial charge < -0.3 is 19.1 Å². The lowest BCUT2D eigenvalue weighted by Crippen LogP contribution is -2.23. The van der Waals surface area contributed by atoms with Crippen molar-refractivity contribution in [3.05, 3.63) is 0 Å². The summed E-state index contributed by atoms with van der Waals surface area (Å²) in [7, 11) is 4.11. The molecule has 0 bridgehead atoms. The van der Waals surface area contributed by atoms with E-state index >= 15 is 0 Å². The molecular formula is C11H25NO3. The summed E-state index contributed by atoms with van der Waals surface area (Å²) in [5.41, 5.74) is 0. The van der Waals surface area contributed by atoms with Gasteiger partial charge in [0, 0.05) is 6.61 Å². The Hall–Kier alpha value is -0.160. The topological polar surface area (TPSA) is 30.9 Å². The first-order valence-corrected chi connectivity index (χ1v) is 5.59. The molecule has 0 aliphatic rings. The molecule has 15 heavy (non-hydrogen) atoms. The highest BCUT2D eigenvalue weighted by Gasteiger charge is 2.07. The number of hydrogen-bond acceptors (Lipinski definition) is 4. The lowest BCUT2D eigenvalue weighted by Gasteiger charge is -2.19. The zero-order chi connectivity index (χ0) is 11.7. The van der Waals surface area contributed by atoms with Gasteiger partial charge >= 0.3 is 0 Å². The smallest absolute Gasteiger partial charge is 0.157 e. The van der Waals surface area contributed by atoms with Crippen LogP contribution in [0.3, 0.4) is 0 Å². The zero-order valence-corrected chi connectivity index (χ0v) is 10.7. The summed E-state index contributed by atoms with van der Waals surface area (Å²) in [6.45, 7) is 8.14. The molecule has 2 atom stereocenters. The Morgan fingerprint density at radius 2 is 1.67 bits per heavy atom. The first-order chi connectivity index (χ1) is 7.06. The maximum atomic E-state index is 5.48. The molecule has 0 saturated heterocycles. The van der Waals surface area contributed by atoms with Crippen LogP contribution in [0, 0.1) is 0 Å². The Balaban J connectivity index is 3.36. The normalized spacial score (nSPS) is 15.6. The quantitative estimate of drug-likeness (QED) is 0.436. The van der Waals surface area contributed by atoms with Crippen molar-refractivity contribution >= 4 is 0 Å². The van der Waals surface area contributed by atoms with Crippen LogP contribution < -0.4 is 0 Å². The van der Waals surface area contributed by atoms with Crippen LogP contribution in [0.15, 0.2) is 0 Å². The van der Waals surface area contributed by atoms with Crippen molar-refractivity contribution in [2.75, 3.05) is 33.9 Å². The van der Waals surface area contributed by atoms with Crippen molar-refractivity contribution in [3.8, 4) is 0 Å². The number of nitrogens with zero attached hydrogens (tertiary/aromatic N) is 1. The number of hydrogen-bond donors (Lipinski definition) is 0. The Morgan fingerprint density at radius 1 is 1.07 bits per heavy atom. The van der Waals surface area contributed by atoms with Gasteiger partial charge in [-0.15, -0.1) is 0 Å². The monoisotopic (exact) mass is 219 g/mol. The van der Waals surface area contributed by atoms with Gasteiger partial charge in [0.05, 0.1) is 6.61 Å². The lowest BCUT2D eigenvalue weighted by molar-refractivity contribution is -0.230. The molecular weight excluding hydrogens is 194 g/mol. The summed E-state index contributed by atoms with van der Waals surface area (Å²) in [6, 6.07) is 0. The van der Waals surface area contributed by atoms with Gasteiger partial charge in [-0.3, -0.25) is 0 Å². The van der Waals surface area contributed by atoms with Crippen LogP contribution in [0.2, 0.25) is 0 Å². The second-order valence-electron chi connectivity index (χ2n) is 3.75. The van der Waals surface area contributed by atoms with Gasteiger partial charge in [-0.2, -0.15) is 0 Å². The fourth-order valence-electron chi connectivity index (χ4n) is 1.21. The predicted molar refractivity (Wildman–Crippen MR) is 60.8 cm³/mol. The Kier molecular flexibility index (Phi) is 9.00. The molecule has 0 aromatic heterocycles. The Bertz CT molecular complexity index is 142. The molecule has 0 aromatic rings. The average molecular weight is 219 g/mol. The molecule has 92 valence electrons. The predicted octanol–water partition coefficient (Wildman–Crippen LogP) is 1.70. The van der Waals surface area contributed by atoms with E-state index in [1.807, 2.05) is 20.8 Å². The van der Waals surface area contributed by atoms with E-state index in [1.54, 1.807) is 0 Å². The SMILES string of the molecule is CCOC(C)OC(C)OCCCN(C)C. The van der Waals surface area contributed by atoms with Crippen LogP contribution in [0.1, 0.15) is 27.2 Å². The van der Waals surface area contributed by atoms with Crippen molar-refractivity contribution < 1.29 is 14.2 Å². The summed E-state index contributed by atoms with van der Waals surface area (Å²) >= 11 is 0. The van der Waals surface area contributed by atoms with E-state index in [0.717, 1.165) is 19.6 Å². The molecule has 0 amide bonds. The first-order valence-electron chi connectivity index (χ1n) is 5.59. The molecule has 0 N–H and O–H groups in total. The summed E-state index contributed by atoms with van der Waals surface area (Å²) in [5, 5.41) is 0. The third-order valence-corrected chi connectivity index (χ3v) is 1.89. The minimum Gasteiger partial charge on any atom is -0.353 e. The highest BCUT2D eigenvalue weighted by atomic mass is 16.8. The van der Waals surface area contributed by atoms with E-state index in [9.17, 15) is 0 Å². The molecule has 4 nitrogen and oxygen atoms in total. The second kappa shape index (κ2) is 9.09. The van der Waals surface area contributed by atoms with E-state index in [0.29, 0.717) is 6.61 Å². The highest BCUT2D eigenvalue weighted by molar-refractivity contribution is 4.43. The van der Waals surface area contributed by atoms with Crippen molar-refractivity contribution in [2.45, 2.75) is 39.8 Å². The lowest BCUT2D eigenvalue weighted by atomic mass is 10.4. The highest BCUT2D eigenvalue weighted by Crippen LogP contribution is 2.01. The summed E-state index contributed by atoms with van der Waals surface area (Å²) in [6.07, 6.45) is 0.622. The molecule has 0 fully saturated rings. The summed E-state index contributed by atoms with van der Waals surface area (Å²) < 4.78 is 16.2. The summed E-state index contributed by atoms with van der Waals surface area (Å²) in [4.78, 5) is 2.14. The van der Waals surface area contributed by atoms with Crippen LogP contribution in [-0.2, 0) is 14.2 Å². The van der Waals surface area contributed by atoms with Crippen molar-refractivity contribution in [1.82, 2.24) is 4.90 Å². The van der Waals surface area contributed by atoms with Crippen LogP contribution in [0.25, 0.3) is 0 Å². The van der Waals surface area contributed by atoms with Crippen molar-refractivity contribution in [2.24, 2.45) is 0 Å². The average Bonchev–Trinajstić information content (AvgIpc) is 2.12. The van der Waals surface area contributed by atoms with Crippen molar-refractivity contribution in [3.63, 3.8) is 0 Å². The molecule has 0 radical (unpaired) electrons. The van der Waals surface area contributed by atoms with Gasteiger partial charge in [0.25, 0.3) is 0 Å². The van der Waals surface area contributed by atoms with Crippen LogP contribution in [-0.4, -0.2) is 51.3 Å². The largest absolute Gasteiger partial charge is 0.353 e. The minimum absolute atomic E-state index is 0.196. The van der Waals surface area contributed by atoms with E-state index in [1.165, 1.54) is 0 Å². The molecule has 0 rings (SSSR count). The second-order valence-corrected chi connectivity index (χ2v) is 3.75. The van der Waals surface area contributed by atoms with Crippen molar-refractivity contribution in [1.29, 1.82) is 0 Å². The maximum Gasteiger partial charge on any atom is 0.157 e. The molecule has 0 aliphatic carbocycles. The van der Waals surface area contributed by atoms with Crippen LogP contribution in [0.4, 0.5) is 0 Å². The fraction of sp³-hybridized carbons (Fsp3) is 1.00. The van der Waals surface area contributed by atoms with Gasteiger partial charge in [0.15, 0.2) is 12.6 Å². The number of ether oxygens (including phenoxy) is 3. The van der Waals surface area contributed by atoms with E-state index < -0.39 is 0 Å². The molecule has 4 heteroatoms. The summed E-state index contributed by atoms with van der Waals surface area (Å²) in [5.74, 6) is 0. The maximum absolute atomic E-state index is 5.48. The van der Waals surface area contributed by atoms with E-state index in [-0.39, 0.29) is 12.6 Å². The third-order valence-electron chi connectivity index (χ3n) is 1.89. The van der Waals surface area contributed by atoms with Crippen LogP contribution >= 0.6 is 0 Å². The fourth-order valence-corrected chi connectivity index (χ4v) is 1.21. The van der Waals surface area contributed by atoms with E-state index in [2.05, 4.69) is 19.0 Å². The standard InChI is InChI=1S/C11H25NO3/c1-6-13-10(2)15-11(3)14-9-7-8-12(4)5/h10-11H,6-9H2,1-5H3.